The molecule has 1 aliphatic rings. The van der Waals surface area contributed by atoms with Crippen LogP contribution in [-0.4, -0.2) is 38.1 Å². The van der Waals surface area contributed by atoms with Gasteiger partial charge in [0.25, 0.3) is 0 Å². The molecular formula is C13H15BrN2O3. The standard InChI is InChI=1S/C13H15BrN2O3/c1-8-5-9(14)3-4-11(8)16-6-10(13(18)19-2)15-12(17)7-16/h3-5,10H,6-7H2,1-2H3,(H,15,17). The number of hydrogen-bond donors (Lipinski definition) is 1. The molecule has 19 heavy (non-hydrogen) atoms. The summed E-state index contributed by atoms with van der Waals surface area (Å²) in [6.07, 6.45) is 0. The zero-order chi connectivity index (χ0) is 14.0. The van der Waals surface area contributed by atoms with Gasteiger partial charge in [-0.3, -0.25) is 4.79 Å². The average Bonchev–Trinajstić information content (AvgIpc) is 2.37. The Hall–Kier alpha value is -1.56. The maximum atomic E-state index is 11.7. The van der Waals surface area contributed by atoms with E-state index in [1.54, 1.807) is 0 Å². The molecule has 2 rings (SSSR count). The molecular weight excluding hydrogens is 312 g/mol. The molecule has 6 heteroatoms. The van der Waals surface area contributed by atoms with Crippen LogP contribution in [-0.2, 0) is 14.3 Å². The molecule has 1 unspecified atom stereocenters. The van der Waals surface area contributed by atoms with Gasteiger partial charge in [0.1, 0.15) is 6.04 Å². The van der Waals surface area contributed by atoms with Crippen molar-refractivity contribution in [1.82, 2.24) is 5.32 Å². The molecule has 5 nitrogen and oxygen atoms in total. The Morgan fingerprint density at radius 3 is 2.89 bits per heavy atom. The topological polar surface area (TPSA) is 58.6 Å². The van der Waals surface area contributed by atoms with E-state index in [9.17, 15) is 9.59 Å². The summed E-state index contributed by atoms with van der Waals surface area (Å²) >= 11 is 3.41. The molecule has 0 spiro atoms. The smallest absolute Gasteiger partial charge is 0.330 e. The van der Waals surface area contributed by atoms with Gasteiger partial charge in [-0.25, -0.2) is 4.79 Å². The Labute approximate surface area is 120 Å². The summed E-state index contributed by atoms with van der Waals surface area (Å²) < 4.78 is 5.67. The van der Waals surface area contributed by atoms with Crippen molar-refractivity contribution in [1.29, 1.82) is 0 Å². The van der Waals surface area contributed by atoms with Crippen LogP contribution in [0, 0.1) is 6.92 Å². The van der Waals surface area contributed by atoms with E-state index in [1.807, 2.05) is 30.0 Å². The van der Waals surface area contributed by atoms with E-state index in [1.165, 1.54) is 7.11 Å². The predicted octanol–water partition coefficient (Wildman–Crippen LogP) is 1.24. The summed E-state index contributed by atoms with van der Waals surface area (Å²) in [5.74, 6) is -0.600. The summed E-state index contributed by atoms with van der Waals surface area (Å²) in [6, 6.07) is 5.22. The number of benzene rings is 1. The van der Waals surface area contributed by atoms with Crippen LogP contribution in [0.5, 0.6) is 0 Å². The van der Waals surface area contributed by atoms with E-state index in [0.29, 0.717) is 6.54 Å². The Balaban J connectivity index is 2.24. The summed E-state index contributed by atoms with van der Waals surface area (Å²) in [5.41, 5.74) is 2.00. The van der Waals surface area contributed by atoms with Crippen LogP contribution in [0.1, 0.15) is 5.56 Å². The number of anilines is 1. The minimum atomic E-state index is -0.616. The van der Waals surface area contributed by atoms with Crippen LogP contribution in [0.25, 0.3) is 0 Å². The second-order valence-electron chi connectivity index (χ2n) is 4.45. The van der Waals surface area contributed by atoms with Crippen LogP contribution in [0.15, 0.2) is 22.7 Å². The number of amides is 1. The molecule has 1 saturated heterocycles. The highest BCUT2D eigenvalue weighted by atomic mass is 79.9. The number of aryl methyl sites for hydroxylation is 1. The SMILES string of the molecule is COC(=O)C1CN(c2ccc(Br)cc2C)CC(=O)N1. The first-order valence-electron chi connectivity index (χ1n) is 5.89. The molecule has 0 radical (unpaired) electrons. The Morgan fingerprint density at radius 1 is 1.53 bits per heavy atom. The molecule has 1 atom stereocenters. The minimum absolute atomic E-state index is 0.177. The number of halogens is 1. The van der Waals surface area contributed by atoms with E-state index in [2.05, 4.69) is 26.0 Å². The average molecular weight is 327 g/mol. The van der Waals surface area contributed by atoms with Gasteiger partial charge >= 0.3 is 5.97 Å². The van der Waals surface area contributed by atoms with Crippen LogP contribution < -0.4 is 10.2 Å². The predicted molar refractivity (Wildman–Crippen MR) is 75.0 cm³/mol. The van der Waals surface area contributed by atoms with Crippen LogP contribution in [0.3, 0.4) is 0 Å². The number of carbonyl (C=O) groups is 2. The second-order valence-corrected chi connectivity index (χ2v) is 5.37. The lowest BCUT2D eigenvalue weighted by atomic mass is 10.1. The van der Waals surface area contributed by atoms with Crippen LogP contribution >= 0.6 is 15.9 Å². The van der Waals surface area contributed by atoms with Gasteiger partial charge in [0.15, 0.2) is 0 Å². The van der Waals surface area contributed by atoms with Crippen molar-refractivity contribution in [3.63, 3.8) is 0 Å². The Morgan fingerprint density at radius 2 is 2.26 bits per heavy atom. The number of nitrogens with one attached hydrogen (secondary N) is 1. The highest BCUT2D eigenvalue weighted by Gasteiger charge is 2.30. The molecule has 102 valence electrons. The second kappa shape index (κ2) is 5.61. The van der Waals surface area contributed by atoms with Gasteiger partial charge in [0, 0.05) is 16.7 Å². The quantitative estimate of drug-likeness (QED) is 0.831. The molecule has 1 N–H and O–H groups in total. The normalized spacial score (nSPS) is 19.0. The van der Waals surface area contributed by atoms with Crippen molar-refractivity contribution in [2.45, 2.75) is 13.0 Å². The first-order chi connectivity index (χ1) is 9.01. The summed E-state index contributed by atoms with van der Waals surface area (Å²) in [5, 5.41) is 2.63. The summed E-state index contributed by atoms with van der Waals surface area (Å²) in [7, 11) is 1.32. The number of hydrogen-bond acceptors (Lipinski definition) is 4. The minimum Gasteiger partial charge on any atom is -0.467 e. The fourth-order valence-electron chi connectivity index (χ4n) is 2.18. The molecule has 1 aromatic carbocycles. The highest BCUT2D eigenvalue weighted by molar-refractivity contribution is 9.10. The van der Waals surface area contributed by atoms with Gasteiger partial charge < -0.3 is 15.0 Å². The monoisotopic (exact) mass is 326 g/mol. The molecule has 1 heterocycles. The summed E-state index contributed by atoms with van der Waals surface area (Å²) in [6.45, 7) is 2.64. The number of carbonyl (C=O) groups excluding carboxylic acids is 2. The van der Waals surface area contributed by atoms with Gasteiger partial charge in [0.2, 0.25) is 5.91 Å². The first kappa shape index (κ1) is 13.9. The van der Waals surface area contributed by atoms with E-state index in [4.69, 9.17) is 0 Å². The molecule has 1 aliphatic heterocycles. The highest BCUT2D eigenvalue weighted by Crippen LogP contribution is 2.25. The molecule has 0 aliphatic carbocycles. The van der Waals surface area contributed by atoms with Gasteiger partial charge in [0.05, 0.1) is 13.7 Å². The van der Waals surface area contributed by atoms with Gasteiger partial charge in [-0.2, -0.15) is 0 Å². The number of ether oxygens (including phenoxy) is 1. The van der Waals surface area contributed by atoms with Gasteiger partial charge in [-0.1, -0.05) is 15.9 Å². The number of nitrogens with zero attached hydrogens (tertiary/aromatic N) is 1. The van der Waals surface area contributed by atoms with Gasteiger partial charge in [-0.15, -0.1) is 0 Å². The largest absolute Gasteiger partial charge is 0.467 e. The zero-order valence-corrected chi connectivity index (χ0v) is 12.4. The van der Waals surface area contributed by atoms with Crippen LogP contribution in [0.4, 0.5) is 5.69 Å². The van der Waals surface area contributed by atoms with Crippen molar-refractivity contribution in [2.24, 2.45) is 0 Å². The number of esters is 1. The molecule has 1 amide bonds. The van der Waals surface area contributed by atoms with E-state index < -0.39 is 12.0 Å². The van der Waals surface area contributed by atoms with Gasteiger partial charge in [-0.05, 0) is 30.7 Å². The number of rotatable bonds is 2. The van der Waals surface area contributed by atoms with Crippen molar-refractivity contribution in [3.05, 3.63) is 28.2 Å². The van der Waals surface area contributed by atoms with E-state index >= 15 is 0 Å². The number of piperazine rings is 1. The Kier molecular flexibility index (Phi) is 4.09. The maximum absolute atomic E-state index is 11.7. The lowest BCUT2D eigenvalue weighted by molar-refractivity contribution is -0.145. The van der Waals surface area contributed by atoms with Crippen LogP contribution in [0.2, 0.25) is 0 Å². The fraction of sp³-hybridized carbons (Fsp3) is 0.385. The fourth-order valence-corrected chi connectivity index (χ4v) is 2.65. The molecule has 0 saturated carbocycles. The molecule has 0 bridgehead atoms. The zero-order valence-electron chi connectivity index (χ0n) is 10.8. The Bertz CT molecular complexity index is 519. The molecule has 1 fully saturated rings. The third-order valence-electron chi connectivity index (χ3n) is 3.06. The van der Waals surface area contributed by atoms with Crippen molar-refractivity contribution < 1.29 is 14.3 Å². The lowest BCUT2D eigenvalue weighted by Gasteiger charge is -2.34. The van der Waals surface area contributed by atoms with Crippen molar-refractivity contribution in [2.75, 3.05) is 25.1 Å². The van der Waals surface area contributed by atoms with Crippen molar-refractivity contribution >= 4 is 33.5 Å². The first-order valence-corrected chi connectivity index (χ1v) is 6.69. The number of methoxy groups -OCH3 is 1. The third-order valence-corrected chi connectivity index (χ3v) is 3.55. The molecule has 1 aromatic rings. The van der Waals surface area contributed by atoms with Crippen molar-refractivity contribution in [3.8, 4) is 0 Å². The summed E-state index contributed by atoms with van der Waals surface area (Å²) in [4.78, 5) is 25.1. The third kappa shape index (κ3) is 3.07. The molecule has 0 aromatic heterocycles. The maximum Gasteiger partial charge on any atom is 0.330 e. The van der Waals surface area contributed by atoms with E-state index in [-0.39, 0.29) is 12.5 Å². The van der Waals surface area contributed by atoms with E-state index in [0.717, 1.165) is 15.7 Å². The lowest BCUT2D eigenvalue weighted by Crippen LogP contribution is -2.57.